The summed E-state index contributed by atoms with van der Waals surface area (Å²) in [5.41, 5.74) is -0.0808. The first-order valence-electron chi connectivity index (χ1n) is 7.60. The van der Waals surface area contributed by atoms with Crippen molar-refractivity contribution in [3.63, 3.8) is 0 Å². The Hall–Kier alpha value is -0.980. The Labute approximate surface area is 125 Å². The van der Waals surface area contributed by atoms with E-state index in [4.69, 9.17) is 13.9 Å². The van der Waals surface area contributed by atoms with Crippen LogP contribution in [0.3, 0.4) is 0 Å². The number of hydrogen-bond donors (Lipinski definition) is 0. The molecule has 2 heterocycles. The minimum absolute atomic E-state index is 0.472. The summed E-state index contributed by atoms with van der Waals surface area (Å²) in [7, 11) is 3.79. The lowest BCUT2D eigenvalue weighted by Crippen LogP contribution is -2.46. The molecule has 0 N–H and O–H groups in total. The Kier molecular flexibility index (Phi) is 3.80. The van der Waals surface area contributed by atoms with Gasteiger partial charge in [-0.15, -0.1) is 10.2 Å². The molecular weight excluding hydrogens is 270 g/mol. The number of methoxy groups -OCH3 is 1. The Morgan fingerprint density at radius 3 is 2.67 bits per heavy atom. The molecule has 1 saturated carbocycles. The van der Waals surface area contributed by atoms with Crippen LogP contribution in [0.1, 0.15) is 44.9 Å². The van der Waals surface area contributed by atoms with Crippen LogP contribution in [0, 0.1) is 5.41 Å². The van der Waals surface area contributed by atoms with E-state index in [1.807, 2.05) is 0 Å². The van der Waals surface area contributed by atoms with Crippen molar-refractivity contribution in [1.82, 2.24) is 15.1 Å². The van der Waals surface area contributed by atoms with Crippen LogP contribution in [0.15, 0.2) is 4.42 Å². The maximum absolute atomic E-state index is 5.83. The van der Waals surface area contributed by atoms with Gasteiger partial charge in [0.15, 0.2) is 5.60 Å². The summed E-state index contributed by atoms with van der Waals surface area (Å²) >= 11 is 0. The van der Waals surface area contributed by atoms with Crippen molar-refractivity contribution in [2.24, 2.45) is 5.41 Å². The first kappa shape index (κ1) is 14.9. The van der Waals surface area contributed by atoms with Crippen molar-refractivity contribution in [3.8, 4) is 0 Å². The molecule has 6 nitrogen and oxygen atoms in total. The molecule has 1 aromatic rings. The van der Waals surface area contributed by atoms with Crippen molar-refractivity contribution in [1.29, 1.82) is 0 Å². The van der Waals surface area contributed by atoms with E-state index >= 15 is 0 Å². The second-order valence-corrected chi connectivity index (χ2v) is 7.14. The Balaban J connectivity index is 1.63. The number of hydrogen-bond acceptors (Lipinski definition) is 6. The number of aromatic nitrogens is 2. The number of ether oxygens (including phenoxy) is 2. The predicted octanol–water partition coefficient (Wildman–Crippen LogP) is 1.95. The van der Waals surface area contributed by atoms with E-state index in [0.29, 0.717) is 43.0 Å². The molecule has 1 aliphatic heterocycles. The molecule has 21 heavy (non-hydrogen) atoms. The lowest BCUT2D eigenvalue weighted by Gasteiger charge is -2.46. The van der Waals surface area contributed by atoms with Gasteiger partial charge < -0.3 is 13.9 Å². The van der Waals surface area contributed by atoms with Crippen LogP contribution < -0.4 is 0 Å². The van der Waals surface area contributed by atoms with Crippen LogP contribution in [-0.4, -0.2) is 48.5 Å². The molecule has 0 radical (unpaired) electrons. The lowest BCUT2D eigenvalue weighted by atomic mass is 9.68. The van der Waals surface area contributed by atoms with Gasteiger partial charge in [-0.25, -0.2) is 0 Å². The van der Waals surface area contributed by atoms with E-state index in [-0.39, 0.29) is 0 Å². The molecule has 3 rings (SSSR count). The zero-order valence-corrected chi connectivity index (χ0v) is 13.4. The zero-order valence-electron chi connectivity index (χ0n) is 13.4. The topological polar surface area (TPSA) is 60.6 Å². The van der Waals surface area contributed by atoms with E-state index in [0.717, 1.165) is 6.42 Å². The summed E-state index contributed by atoms with van der Waals surface area (Å²) in [6, 6.07) is 0.613. The highest BCUT2D eigenvalue weighted by Crippen LogP contribution is 2.42. The maximum Gasteiger partial charge on any atom is 0.250 e. The van der Waals surface area contributed by atoms with Crippen molar-refractivity contribution < 1.29 is 13.9 Å². The molecule has 6 heteroatoms. The molecule has 1 saturated heterocycles. The second kappa shape index (κ2) is 5.34. The highest BCUT2D eigenvalue weighted by atomic mass is 16.6. The van der Waals surface area contributed by atoms with Gasteiger partial charge >= 0.3 is 0 Å². The summed E-state index contributed by atoms with van der Waals surface area (Å²) in [5, 5.41) is 8.35. The second-order valence-electron chi connectivity index (χ2n) is 7.14. The summed E-state index contributed by atoms with van der Waals surface area (Å²) < 4.78 is 16.8. The van der Waals surface area contributed by atoms with Gasteiger partial charge in [-0.1, -0.05) is 13.8 Å². The monoisotopic (exact) mass is 295 g/mol. The molecular formula is C15H25N3O3. The lowest BCUT2D eigenvalue weighted by molar-refractivity contribution is -0.0424. The zero-order chi connectivity index (χ0) is 15.1. The van der Waals surface area contributed by atoms with Crippen LogP contribution >= 0.6 is 0 Å². The molecule has 0 amide bonds. The first-order valence-corrected chi connectivity index (χ1v) is 7.60. The van der Waals surface area contributed by atoms with Crippen molar-refractivity contribution in [2.75, 3.05) is 27.4 Å². The Morgan fingerprint density at radius 1 is 1.33 bits per heavy atom. The molecule has 1 atom stereocenters. The van der Waals surface area contributed by atoms with E-state index in [2.05, 4.69) is 36.0 Å². The van der Waals surface area contributed by atoms with E-state index < -0.39 is 5.60 Å². The molecule has 0 spiro atoms. The number of nitrogens with zero attached hydrogens (tertiary/aromatic N) is 3. The largest absolute Gasteiger partial charge is 0.421 e. The van der Waals surface area contributed by atoms with Gasteiger partial charge in [0.2, 0.25) is 5.89 Å². The van der Waals surface area contributed by atoms with Crippen LogP contribution in [0.25, 0.3) is 0 Å². The maximum atomic E-state index is 5.83. The quantitative estimate of drug-likeness (QED) is 0.827. The summed E-state index contributed by atoms with van der Waals surface area (Å²) in [6.45, 7) is 6.46. The highest BCUT2D eigenvalue weighted by Gasteiger charge is 2.43. The van der Waals surface area contributed by atoms with Gasteiger partial charge in [-0.2, -0.15) is 0 Å². The third kappa shape index (κ3) is 2.84. The minimum Gasteiger partial charge on any atom is -0.421 e. The minimum atomic E-state index is -0.553. The molecule has 2 aliphatic rings. The SMILES string of the molecule is COC1(c2nnc(CN(C)C3CC(C)(C)C3)o2)CCOC1. The van der Waals surface area contributed by atoms with E-state index in [9.17, 15) is 0 Å². The molecule has 118 valence electrons. The van der Waals surface area contributed by atoms with Crippen LogP contribution in [0.2, 0.25) is 0 Å². The fourth-order valence-electron chi connectivity index (χ4n) is 3.33. The highest BCUT2D eigenvalue weighted by molar-refractivity contribution is 5.01. The van der Waals surface area contributed by atoms with Crippen LogP contribution in [0.5, 0.6) is 0 Å². The molecule has 0 aromatic carbocycles. The predicted molar refractivity (Wildman–Crippen MR) is 76.7 cm³/mol. The Morgan fingerprint density at radius 2 is 2.10 bits per heavy atom. The van der Waals surface area contributed by atoms with Crippen molar-refractivity contribution >= 4 is 0 Å². The van der Waals surface area contributed by atoms with E-state index in [1.54, 1.807) is 7.11 Å². The van der Waals surface area contributed by atoms with Crippen molar-refractivity contribution in [2.45, 2.75) is 51.3 Å². The summed E-state index contributed by atoms with van der Waals surface area (Å²) in [5.74, 6) is 1.19. The van der Waals surface area contributed by atoms with Gasteiger partial charge in [0, 0.05) is 19.6 Å². The normalized spacial score (nSPS) is 29.0. The Bertz CT molecular complexity index is 486. The molecule has 1 aliphatic carbocycles. The van der Waals surface area contributed by atoms with Crippen LogP contribution in [0.4, 0.5) is 0 Å². The average molecular weight is 295 g/mol. The fraction of sp³-hybridized carbons (Fsp3) is 0.867. The van der Waals surface area contributed by atoms with Gasteiger partial charge in [-0.3, -0.25) is 4.90 Å². The molecule has 1 unspecified atom stereocenters. The fourth-order valence-corrected chi connectivity index (χ4v) is 3.33. The third-order valence-corrected chi connectivity index (χ3v) is 4.82. The van der Waals surface area contributed by atoms with Gasteiger partial charge in [0.1, 0.15) is 0 Å². The molecule has 2 fully saturated rings. The van der Waals surface area contributed by atoms with Gasteiger partial charge in [-0.05, 0) is 25.3 Å². The summed E-state index contributed by atoms with van der Waals surface area (Å²) in [6.07, 6.45) is 3.21. The third-order valence-electron chi connectivity index (χ3n) is 4.82. The standard InChI is InChI=1S/C15H25N3O3/c1-14(2)7-11(8-14)18(3)9-12-16-17-13(21-12)15(19-4)5-6-20-10-15/h11H,5-10H2,1-4H3. The molecule has 0 bridgehead atoms. The average Bonchev–Trinajstić information content (AvgIpc) is 3.04. The smallest absolute Gasteiger partial charge is 0.250 e. The van der Waals surface area contributed by atoms with Crippen LogP contribution in [-0.2, 0) is 21.6 Å². The van der Waals surface area contributed by atoms with Gasteiger partial charge in [0.25, 0.3) is 5.89 Å². The van der Waals surface area contributed by atoms with E-state index in [1.165, 1.54) is 12.8 Å². The van der Waals surface area contributed by atoms with Crippen molar-refractivity contribution in [3.05, 3.63) is 11.8 Å². The first-order chi connectivity index (χ1) is 9.94. The number of rotatable bonds is 5. The van der Waals surface area contributed by atoms with Gasteiger partial charge in [0.05, 0.1) is 19.8 Å². The summed E-state index contributed by atoms with van der Waals surface area (Å²) in [4.78, 5) is 2.30. The molecule has 1 aromatic heterocycles.